The number of aryl methyl sites for hydroxylation is 1. The number of hydrogen-bond acceptors (Lipinski definition) is 2. The van der Waals surface area contributed by atoms with Crippen LogP contribution in [0.15, 0.2) is 18.2 Å². The molecule has 1 N–H and O–H groups in total. The van der Waals surface area contributed by atoms with Crippen LogP contribution in [0.1, 0.15) is 47.8 Å². The summed E-state index contributed by atoms with van der Waals surface area (Å²) in [5.41, 5.74) is 2.85. The number of para-hydroxylation sites is 1. The summed E-state index contributed by atoms with van der Waals surface area (Å²) in [7, 11) is 0. The van der Waals surface area contributed by atoms with Gasteiger partial charge < -0.3 is 5.11 Å². The predicted molar refractivity (Wildman–Crippen MR) is 84.1 cm³/mol. The Bertz CT molecular complexity index is 711. The zero-order valence-corrected chi connectivity index (χ0v) is 12.8. The monoisotopic (exact) mass is 303 g/mol. The van der Waals surface area contributed by atoms with Crippen LogP contribution < -0.4 is 0 Å². The molecule has 0 bridgehead atoms. The highest BCUT2D eigenvalue weighted by Crippen LogP contribution is 2.35. The molecule has 1 aliphatic rings. The minimum absolute atomic E-state index is 0.401. The van der Waals surface area contributed by atoms with Gasteiger partial charge in [-0.25, -0.2) is 4.79 Å². The first kappa shape index (κ1) is 14.3. The van der Waals surface area contributed by atoms with Crippen molar-refractivity contribution in [1.29, 1.82) is 0 Å². The highest BCUT2D eigenvalue weighted by Gasteiger charge is 2.26. The van der Waals surface area contributed by atoms with E-state index in [-0.39, 0.29) is 0 Å². The van der Waals surface area contributed by atoms with Crippen molar-refractivity contribution in [2.24, 2.45) is 5.92 Å². The van der Waals surface area contributed by atoms with Gasteiger partial charge in [0.2, 0.25) is 0 Å². The van der Waals surface area contributed by atoms with E-state index in [4.69, 9.17) is 11.6 Å². The van der Waals surface area contributed by atoms with Crippen molar-refractivity contribution in [1.82, 2.24) is 4.98 Å². The number of carboxylic acid groups (broad SMARTS) is 1. The minimum atomic E-state index is -0.877. The van der Waals surface area contributed by atoms with Gasteiger partial charge in [0.15, 0.2) is 0 Å². The van der Waals surface area contributed by atoms with Gasteiger partial charge in [0, 0.05) is 11.1 Å². The summed E-state index contributed by atoms with van der Waals surface area (Å²) in [6.45, 7) is 2.17. The van der Waals surface area contributed by atoms with Crippen LogP contribution in [0.5, 0.6) is 0 Å². The molecule has 3 nitrogen and oxygen atoms in total. The van der Waals surface area contributed by atoms with Gasteiger partial charge in [-0.1, -0.05) is 43.5 Å². The Labute approximate surface area is 129 Å². The number of carbonyl (C=O) groups is 1. The SMILES string of the molecule is CCCC1CCc2nc3c(Cl)cccc3c(C(=O)O)c2C1. The van der Waals surface area contributed by atoms with E-state index >= 15 is 0 Å². The van der Waals surface area contributed by atoms with Gasteiger partial charge in [0.1, 0.15) is 0 Å². The summed E-state index contributed by atoms with van der Waals surface area (Å²) in [6, 6.07) is 5.36. The van der Waals surface area contributed by atoms with Gasteiger partial charge >= 0.3 is 5.97 Å². The molecule has 1 aromatic heterocycles. The zero-order valence-electron chi connectivity index (χ0n) is 12.0. The van der Waals surface area contributed by atoms with E-state index < -0.39 is 5.97 Å². The molecule has 2 aromatic rings. The lowest BCUT2D eigenvalue weighted by molar-refractivity contribution is 0.0697. The fraction of sp³-hybridized carbons (Fsp3) is 0.412. The molecule has 0 radical (unpaired) electrons. The number of hydrogen-bond donors (Lipinski definition) is 1. The summed E-state index contributed by atoms with van der Waals surface area (Å²) in [4.78, 5) is 16.4. The number of rotatable bonds is 3. The molecule has 3 rings (SSSR count). The Morgan fingerprint density at radius 2 is 2.29 bits per heavy atom. The lowest BCUT2D eigenvalue weighted by Crippen LogP contribution is -2.19. The summed E-state index contributed by atoms with van der Waals surface area (Å²) in [6.07, 6.45) is 5.03. The maximum absolute atomic E-state index is 11.8. The second-order valence-electron chi connectivity index (χ2n) is 5.75. The van der Waals surface area contributed by atoms with Crippen LogP contribution in [0.3, 0.4) is 0 Å². The Morgan fingerprint density at radius 1 is 1.48 bits per heavy atom. The van der Waals surface area contributed by atoms with Crippen molar-refractivity contribution < 1.29 is 9.90 Å². The Balaban J connectivity index is 2.23. The molecular formula is C17H18ClNO2. The number of benzene rings is 1. The zero-order chi connectivity index (χ0) is 15.0. The molecule has 0 saturated heterocycles. The van der Waals surface area contributed by atoms with Crippen LogP contribution in [-0.4, -0.2) is 16.1 Å². The van der Waals surface area contributed by atoms with Crippen molar-refractivity contribution >= 4 is 28.5 Å². The van der Waals surface area contributed by atoms with E-state index in [1.807, 2.05) is 0 Å². The maximum atomic E-state index is 11.8. The number of nitrogens with zero attached hydrogens (tertiary/aromatic N) is 1. The third-order valence-electron chi connectivity index (χ3n) is 4.35. The molecular weight excluding hydrogens is 286 g/mol. The molecule has 0 saturated carbocycles. The molecule has 110 valence electrons. The fourth-order valence-electron chi connectivity index (χ4n) is 3.40. The predicted octanol–water partition coefficient (Wildman–Crippen LogP) is 4.49. The Kier molecular flexibility index (Phi) is 3.85. The van der Waals surface area contributed by atoms with Crippen LogP contribution in [0.4, 0.5) is 0 Å². The molecule has 1 atom stereocenters. The van der Waals surface area contributed by atoms with E-state index in [0.29, 0.717) is 27.4 Å². The first-order valence-corrected chi connectivity index (χ1v) is 7.82. The number of aromatic carboxylic acids is 1. The molecule has 1 heterocycles. The summed E-state index contributed by atoms with van der Waals surface area (Å²) < 4.78 is 0. The normalized spacial score (nSPS) is 17.7. The molecule has 1 aliphatic carbocycles. The molecule has 0 fully saturated rings. The first-order valence-electron chi connectivity index (χ1n) is 7.45. The summed E-state index contributed by atoms with van der Waals surface area (Å²) in [5.74, 6) is -0.308. The third kappa shape index (κ3) is 2.51. The molecule has 1 aromatic carbocycles. The number of halogens is 1. The van der Waals surface area contributed by atoms with Crippen molar-refractivity contribution in [3.63, 3.8) is 0 Å². The second-order valence-corrected chi connectivity index (χ2v) is 6.16. The van der Waals surface area contributed by atoms with Crippen molar-refractivity contribution in [3.05, 3.63) is 40.0 Å². The van der Waals surface area contributed by atoms with E-state index in [1.54, 1.807) is 18.2 Å². The van der Waals surface area contributed by atoms with Gasteiger partial charge in [0.25, 0.3) is 0 Å². The fourth-order valence-corrected chi connectivity index (χ4v) is 3.61. The van der Waals surface area contributed by atoms with Crippen molar-refractivity contribution in [2.45, 2.75) is 39.0 Å². The molecule has 0 amide bonds. The lowest BCUT2D eigenvalue weighted by atomic mass is 9.81. The second kappa shape index (κ2) is 5.64. The van der Waals surface area contributed by atoms with Crippen LogP contribution in [0.25, 0.3) is 10.9 Å². The molecule has 4 heteroatoms. The summed E-state index contributed by atoms with van der Waals surface area (Å²) in [5, 5.41) is 10.9. The standard InChI is InChI=1S/C17H18ClNO2/c1-2-4-10-7-8-14-12(9-10)15(17(20)21)11-5-3-6-13(18)16(11)19-14/h3,5-6,10H,2,4,7-9H2,1H3,(H,20,21). The average Bonchev–Trinajstić information content (AvgIpc) is 2.45. The van der Waals surface area contributed by atoms with Crippen LogP contribution >= 0.6 is 11.6 Å². The van der Waals surface area contributed by atoms with Gasteiger partial charge in [0.05, 0.1) is 16.1 Å². The largest absolute Gasteiger partial charge is 0.478 e. The highest BCUT2D eigenvalue weighted by atomic mass is 35.5. The molecule has 0 spiro atoms. The molecule has 21 heavy (non-hydrogen) atoms. The van der Waals surface area contributed by atoms with Gasteiger partial charge in [-0.2, -0.15) is 0 Å². The van der Waals surface area contributed by atoms with Crippen molar-refractivity contribution in [2.75, 3.05) is 0 Å². The van der Waals surface area contributed by atoms with Crippen LogP contribution in [0, 0.1) is 5.92 Å². The Morgan fingerprint density at radius 3 is 3.00 bits per heavy atom. The van der Waals surface area contributed by atoms with E-state index in [9.17, 15) is 9.90 Å². The lowest BCUT2D eigenvalue weighted by Gasteiger charge is -2.25. The molecule has 1 unspecified atom stereocenters. The molecule has 0 aliphatic heterocycles. The van der Waals surface area contributed by atoms with Gasteiger partial charge in [-0.3, -0.25) is 4.98 Å². The third-order valence-corrected chi connectivity index (χ3v) is 4.65. The topological polar surface area (TPSA) is 50.2 Å². The highest BCUT2D eigenvalue weighted by molar-refractivity contribution is 6.35. The van der Waals surface area contributed by atoms with E-state index in [1.165, 1.54) is 0 Å². The number of aromatic nitrogens is 1. The van der Waals surface area contributed by atoms with Crippen molar-refractivity contribution in [3.8, 4) is 0 Å². The quantitative estimate of drug-likeness (QED) is 0.908. The number of fused-ring (bicyclic) bond motifs is 2. The minimum Gasteiger partial charge on any atom is -0.478 e. The van der Waals surface area contributed by atoms with Gasteiger partial charge in [-0.15, -0.1) is 0 Å². The number of carboxylic acids is 1. The van der Waals surface area contributed by atoms with Gasteiger partial charge in [-0.05, 0) is 36.8 Å². The Hall–Kier alpha value is -1.61. The van der Waals surface area contributed by atoms with E-state index in [0.717, 1.165) is 43.4 Å². The summed E-state index contributed by atoms with van der Waals surface area (Å²) >= 11 is 6.20. The van der Waals surface area contributed by atoms with Crippen LogP contribution in [0.2, 0.25) is 5.02 Å². The number of pyridine rings is 1. The average molecular weight is 304 g/mol. The first-order chi connectivity index (χ1) is 10.1. The maximum Gasteiger partial charge on any atom is 0.336 e. The smallest absolute Gasteiger partial charge is 0.336 e. The van der Waals surface area contributed by atoms with Crippen LogP contribution in [-0.2, 0) is 12.8 Å². The van der Waals surface area contributed by atoms with E-state index in [2.05, 4.69) is 11.9 Å².